The summed E-state index contributed by atoms with van der Waals surface area (Å²) in [6.07, 6.45) is 6.21. The largest absolute Gasteiger partial charge is 0.466 e. The lowest BCUT2D eigenvalue weighted by Gasteiger charge is -2.10. The van der Waals surface area contributed by atoms with Gasteiger partial charge in [-0.3, -0.25) is 4.79 Å². The second-order valence-corrected chi connectivity index (χ2v) is 4.25. The molecule has 0 bridgehead atoms. The molecule has 0 saturated heterocycles. The zero-order chi connectivity index (χ0) is 10.3. The Kier molecular flexibility index (Phi) is 5.44. The van der Waals surface area contributed by atoms with E-state index in [4.69, 9.17) is 4.74 Å². The van der Waals surface area contributed by atoms with Gasteiger partial charge in [0.1, 0.15) is 0 Å². The van der Waals surface area contributed by atoms with E-state index in [2.05, 4.69) is 32.9 Å². The van der Waals surface area contributed by atoms with Crippen LogP contribution in [0.2, 0.25) is 0 Å². The van der Waals surface area contributed by atoms with Crippen LogP contribution in [0, 0.1) is 5.41 Å². The van der Waals surface area contributed by atoms with E-state index >= 15 is 0 Å². The van der Waals surface area contributed by atoms with E-state index in [1.54, 1.807) is 0 Å². The maximum absolute atomic E-state index is 10.4. The van der Waals surface area contributed by atoms with E-state index in [1.807, 2.05) is 0 Å². The third kappa shape index (κ3) is 11.2. The Balaban J connectivity index is 3.36. The van der Waals surface area contributed by atoms with Crippen LogP contribution >= 0.6 is 0 Å². The highest BCUT2D eigenvalue weighted by Gasteiger charge is 2.02. The highest BCUT2D eigenvalue weighted by atomic mass is 16.5. The van der Waals surface area contributed by atoms with Crippen molar-refractivity contribution in [2.75, 3.05) is 6.61 Å². The van der Waals surface area contributed by atoms with Crippen LogP contribution in [0.3, 0.4) is 0 Å². The molecule has 0 atom stereocenters. The lowest BCUT2D eigenvalue weighted by atomic mass is 9.96. The molecule has 0 radical (unpaired) electrons. The summed E-state index contributed by atoms with van der Waals surface area (Å²) in [5, 5.41) is 0. The van der Waals surface area contributed by atoms with Crippen LogP contribution in [-0.2, 0) is 9.53 Å². The summed E-state index contributed by atoms with van der Waals surface area (Å²) in [6, 6.07) is 0. The van der Waals surface area contributed by atoms with E-state index in [-0.39, 0.29) is 11.4 Å². The highest BCUT2D eigenvalue weighted by Crippen LogP contribution is 2.14. The van der Waals surface area contributed by atoms with Crippen molar-refractivity contribution < 1.29 is 9.53 Å². The Bertz CT molecular complexity index is 175. The van der Waals surface area contributed by atoms with Crippen LogP contribution in [0.5, 0.6) is 0 Å². The molecule has 0 aliphatic rings. The van der Waals surface area contributed by atoms with Gasteiger partial charge in [0.15, 0.2) is 0 Å². The third-order valence-electron chi connectivity index (χ3n) is 1.44. The average Bonchev–Trinajstić information content (AvgIpc) is 1.93. The predicted octanol–water partition coefficient (Wildman–Crippen LogP) is 2.93. The number of hydrogen-bond acceptors (Lipinski definition) is 2. The van der Waals surface area contributed by atoms with Gasteiger partial charge in [-0.15, -0.1) is 0 Å². The highest BCUT2D eigenvalue weighted by molar-refractivity contribution is 5.65. The second kappa shape index (κ2) is 5.79. The van der Waals surface area contributed by atoms with Gasteiger partial charge < -0.3 is 4.74 Å². The van der Waals surface area contributed by atoms with Gasteiger partial charge in [-0.2, -0.15) is 0 Å². The fourth-order valence-electron chi connectivity index (χ4n) is 0.854. The Morgan fingerprint density at radius 1 is 1.38 bits per heavy atom. The molecule has 0 heterocycles. The predicted molar refractivity (Wildman–Crippen MR) is 54.5 cm³/mol. The number of esters is 1. The van der Waals surface area contributed by atoms with Gasteiger partial charge in [-0.05, 0) is 18.3 Å². The van der Waals surface area contributed by atoms with E-state index in [1.165, 1.54) is 6.92 Å². The minimum Gasteiger partial charge on any atom is -0.466 e. The van der Waals surface area contributed by atoms with Crippen LogP contribution < -0.4 is 0 Å². The lowest BCUT2D eigenvalue weighted by Crippen LogP contribution is -2.00. The van der Waals surface area contributed by atoms with Crippen LogP contribution in [0.25, 0.3) is 0 Å². The first-order valence-electron chi connectivity index (χ1n) is 4.73. The maximum Gasteiger partial charge on any atom is 0.302 e. The summed E-state index contributed by atoms with van der Waals surface area (Å²) in [4.78, 5) is 10.4. The van der Waals surface area contributed by atoms with Crippen molar-refractivity contribution in [3.8, 4) is 0 Å². The van der Waals surface area contributed by atoms with Crippen LogP contribution in [-0.4, -0.2) is 12.6 Å². The Hall–Kier alpha value is -0.790. The lowest BCUT2D eigenvalue weighted by molar-refractivity contribution is -0.141. The summed E-state index contributed by atoms with van der Waals surface area (Å²) >= 11 is 0. The zero-order valence-corrected chi connectivity index (χ0v) is 9.09. The third-order valence-corrected chi connectivity index (χ3v) is 1.44. The molecular weight excluding hydrogens is 164 g/mol. The molecule has 76 valence electrons. The Morgan fingerprint density at radius 3 is 2.46 bits per heavy atom. The van der Waals surface area contributed by atoms with E-state index in [9.17, 15) is 4.79 Å². The SMILES string of the molecule is CC(=O)OCCC/C=C/C(C)(C)C. The van der Waals surface area contributed by atoms with E-state index < -0.39 is 0 Å². The van der Waals surface area contributed by atoms with Gasteiger partial charge in [0.05, 0.1) is 6.61 Å². The van der Waals surface area contributed by atoms with Gasteiger partial charge in [-0.1, -0.05) is 32.9 Å². The van der Waals surface area contributed by atoms with Crippen molar-refractivity contribution in [1.29, 1.82) is 0 Å². The van der Waals surface area contributed by atoms with Crippen molar-refractivity contribution in [2.45, 2.75) is 40.5 Å². The summed E-state index contributed by atoms with van der Waals surface area (Å²) in [5.74, 6) is -0.195. The molecule has 0 aromatic carbocycles. The first-order valence-corrected chi connectivity index (χ1v) is 4.73. The molecule has 2 heteroatoms. The number of rotatable bonds is 4. The Labute approximate surface area is 81.0 Å². The summed E-state index contributed by atoms with van der Waals surface area (Å²) in [6.45, 7) is 8.45. The van der Waals surface area contributed by atoms with Crippen molar-refractivity contribution in [3.63, 3.8) is 0 Å². The fourth-order valence-corrected chi connectivity index (χ4v) is 0.854. The monoisotopic (exact) mass is 184 g/mol. The average molecular weight is 184 g/mol. The topological polar surface area (TPSA) is 26.3 Å². The molecule has 13 heavy (non-hydrogen) atoms. The molecule has 0 aromatic rings. The first-order chi connectivity index (χ1) is 5.92. The molecule has 0 aliphatic heterocycles. The van der Waals surface area contributed by atoms with Crippen molar-refractivity contribution in [2.24, 2.45) is 5.41 Å². The van der Waals surface area contributed by atoms with Crippen LogP contribution in [0.4, 0.5) is 0 Å². The van der Waals surface area contributed by atoms with Gasteiger partial charge in [0, 0.05) is 6.92 Å². The maximum atomic E-state index is 10.4. The van der Waals surface area contributed by atoms with Gasteiger partial charge in [-0.25, -0.2) is 0 Å². The summed E-state index contributed by atoms with van der Waals surface area (Å²) < 4.78 is 4.80. The molecule has 0 spiro atoms. The number of allylic oxidation sites excluding steroid dienone is 2. The fraction of sp³-hybridized carbons (Fsp3) is 0.727. The van der Waals surface area contributed by atoms with Crippen LogP contribution in [0.15, 0.2) is 12.2 Å². The standard InChI is InChI=1S/C11H20O2/c1-10(12)13-9-7-5-6-8-11(2,3)4/h6,8H,5,7,9H2,1-4H3/b8-6+. The first kappa shape index (κ1) is 12.2. The van der Waals surface area contributed by atoms with Crippen molar-refractivity contribution in [1.82, 2.24) is 0 Å². The molecule has 0 N–H and O–H groups in total. The number of hydrogen-bond donors (Lipinski definition) is 0. The van der Waals surface area contributed by atoms with Gasteiger partial charge in [0.25, 0.3) is 0 Å². The zero-order valence-electron chi connectivity index (χ0n) is 9.09. The Morgan fingerprint density at radius 2 is 2.00 bits per heavy atom. The number of carbonyl (C=O) groups is 1. The molecule has 0 unspecified atom stereocenters. The minimum absolute atomic E-state index is 0.195. The second-order valence-electron chi connectivity index (χ2n) is 4.25. The number of ether oxygens (including phenoxy) is 1. The molecule has 0 aromatic heterocycles. The number of carbonyl (C=O) groups excluding carboxylic acids is 1. The molecule has 0 fully saturated rings. The summed E-state index contributed by atoms with van der Waals surface area (Å²) in [7, 11) is 0. The molecule has 2 nitrogen and oxygen atoms in total. The molecule has 0 saturated carbocycles. The molecule has 0 amide bonds. The van der Waals surface area contributed by atoms with E-state index in [0.717, 1.165) is 12.8 Å². The summed E-state index contributed by atoms with van der Waals surface area (Å²) in [5.41, 5.74) is 0.251. The molecule has 0 aliphatic carbocycles. The van der Waals surface area contributed by atoms with E-state index in [0.29, 0.717) is 6.61 Å². The molecule has 0 rings (SSSR count). The number of unbranched alkanes of at least 4 members (excludes halogenated alkanes) is 1. The van der Waals surface area contributed by atoms with Gasteiger partial charge in [0.2, 0.25) is 0 Å². The van der Waals surface area contributed by atoms with Crippen molar-refractivity contribution in [3.05, 3.63) is 12.2 Å². The minimum atomic E-state index is -0.195. The normalized spacial score (nSPS) is 12.0. The smallest absolute Gasteiger partial charge is 0.302 e. The van der Waals surface area contributed by atoms with Crippen LogP contribution in [0.1, 0.15) is 40.5 Å². The van der Waals surface area contributed by atoms with Crippen molar-refractivity contribution >= 4 is 5.97 Å². The van der Waals surface area contributed by atoms with Gasteiger partial charge >= 0.3 is 5.97 Å². The quantitative estimate of drug-likeness (QED) is 0.381. The molecular formula is C11H20O2.